The molecule has 1 heterocycles. The summed E-state index contributed by atoms with van der Waals surface area (Å²) in [5, 5.41) is 0. The fourth-order valence-corrected chi connectivity index (χ4v) is 1.59. The molecule has 2 aromatic rings. The van der Waals surface area contributed by atoms with Crippen LogP contribution in [0.2, 0.25) is 0 Å². The topological polar surface area (TPSA) is 43.8 Å². The van der Waals surface area contributed by atoms with Crippen LogP contribution >= 0.6 is 0 Å². The van der Waals surface area contributed by atoms with Crippen molar-refractivity contribution < 1.29 is 0 Å². The van der Waals surface area contributed by atoms with Crippen LogP contribution in [-0.2, 0) is 6.54 Å². The van der Waals surface area contributed by atoms with E-state index in [0.717, 1.165) is 17.9 Å². The average Bonchev–Trinajstić information content (AvgIpc) is 2.68. The number of nitrogens with two attached hydrogens (primary N) is 1. The van der Waals surface area contributed by atoms with Gasteiger partial charge in [-0.3, -0.25) is 0 Å². The minimum atomic E-state index is 0.634. The summed E-state index contributed by atoms with van der Waals surface area (Å²) in [6.07, 6.45) is 3.77. The van der Waals surface area contributed by atoms with E-state index >= 15 is 0 Å². The largest absolute Gasteiger partial charge is 0.330 e. The average molecular weight is 201 g/mol. The van der Waals surface area contributed by atoms with Crippen LogP contribution < -0.4 is 5.73 Å². The smallest absolute Gasteiger partial charge is 0.139 e. The van der Waals surface area contributed by atoms with Gasteiger partial charge >= 0.3 is 0 Å². The lowest BCUT2D eigenvalue weighted by molar-refractivity contribution is 0.715. The lowest BCUT2D eigenvalue weighted by atomic mass is 10.1. The van der Waals surface area contributed by atoms with Gasteiger partial charge < -0.3 is 10.3 Å². The number of hydrogen-bond donors (Lipinski definition) is 1. The highest BCUT2D eigenvalue weighted by Gasteiger charge is 2.03. The van der Waals surface area contributed by atoms with Gasteiger partial charge in [-0.05, 0) is 6.92 Å². The predicted molar refractivity (Wildman–Crippen MR) is 61.5 cm³/mol. The Bertz CT molecular complexity index is 428. The van der Waals surface area contributed by atoms with E-state index in [2.05, 4.69) is 40.7 Å². The summed E-state index contributed by atoms with van der Waals surface area (Å²) in [5.41, 5.74) is 7.94. The van der Waals surface area contributed by atoms with E-state index in [0.29, 0.717) is 6.54 Å². The Labute approximate surface area is 89.6 Å². The van der Waals surface area contributed by atoms with E-state index in [4.69, 9.17) is 5.73 Å². The summed E-state index contributed by atoms with van der Waals surface area (Å²) in [7, 11) is 0. The molecule has 0 spiro atoms. The van der Waals surface area contributed by atoms with E-state index in [9.17, 15) is 0 Å². The molecule has 0 bridgehead atoms. The van der Waals surface area contributed by atoms with Crippen LogP contribution in [0.25, 0.3) is 11.4 Å². The molecular weight excluding hydrogens is 186 g/mol. The Balaban J connectivity index is 2.36. The van der Waals surface area contributed by atoms with Crippen LogP contribution in [-0.4, -0.2) is 16.1 Å². The summed E-state index contributed by atoms with van der Waals surface area (Å²) >= 11 is 0. The molecule has 0 saturated heterocycles. The van der Waals surface area contributed by atoms with Crippen LogP contribution in [0, 0.1) is 6.92 Å². The van der Waals surface area contributed by atoms with Crippen molar-refractivity contribution in [2.75, 3.05) is 6.54 Å². The Morgan fingerprint density at radius 1 is 1.27 bits per heavy atom. The normalized spacial score (nSPS) is 10.5. The van der Waals surface area contributed by atoms with Crippen LogP contribution in [0.5, 0.6) is 0 Å². The highest BCUT2D eigenvalue weighted by molar-refractivity contribution is 5.55. The second-order valence-corrected chi connectivity index (χ2v) is 3.60. The van der Waals surface area contributed by atoms with Gasteiger partial charge in [-0.1, -0.05) is 29.8 Å². The molecule has 0 aliphatic rings. The maximum absolute atomic E-state index is 5.54. The van der Waals surface area contributed by atoms with Crippen molar-refractivity contribution in [3.05, 3.63) is 42.2 Å². The van der Waals surface area contributed by atoms with Crippen LogP contribution in [0.15, 0.2) is 36.7 Å². The molecule has 0 radical (unpaired) electrons. The number of aromatic nitrogens is 2. The van der Waals surface area contributed by atoms with Crippen molar-refractivity contribution >= 4 is 0 Å². The van der Waals surface area contributed by atoms with Crippen molar-refractivity contribution in [1.82, 2.24) is 9.55 Å². The van der Waals surface area contributed by atoms with Gasteiger partial charge in [0.2, 0.25) is 0 Å². The molecule has 3 nitrogen and oxygen atoms in total. The predicted octanol–water partition coefficient (Wildman–Crippen LogP) is 1.82. The SMILES string of the molecule is Cc1ccc(-c2nccn2CCN)cc1. The first kappa shape index (κ1) is 9.93. The van der Waals surface area contributed by atoms with Gasteiger partial charge in [-0.25, -0.2) is 4.98 Å². The zero-order valence-corrected chi connectivity index (χ0v) is 8.85. The molecule has 1 aromatic heterocycles. The third kappa shape index (κ3) is 2.07. The number of aryl methyl sites for hydroxylation is 1. The van der Waals surface area contributed by atoms with Crippen molar-refractivity contribution in [2.45, 2.75) is 13.5 Å². The third-order valence-corrected chi connectivity index (χ3v) is 2.40. The lowest BCUT2D eigenvalue weighted by Crippen LogP contribution is -2.10. The van der Waals surface area contributed by atoms with Gasteiger partial charge in [0.15, 0.2) is 0 Å². The van der Waals surface area contributed by atoms with Crippen LogP contribution in [0.1, 0.15) is 5.56 Å². The van der Waals surface area contributed by atoms with Crippen LogP contribution in [0.3, 0.4) is 0 Å². The molecule has 78 valence electrons. The molecular formula is C12H15N3. The first-order valence-electron chi connectivity index (χ1n) is 5.09. The number of rotatable bonds is 3. The van der Waals surface area contributed by atoms with E-state index in [1.807, 2.05) is 12.4 Å². The molecule has 15 heavy (non-hydrogen) atoms. The van der Waals surface area contributed by atoms with Crippen molar-refractivity contribution in [2.24, 2.45) is 5.73 Å². The number of imidazole rings is 1. The molecule has 0 aliphatic carbocycles. The Kier molecular flexibility index (Phi) is 2.83. The molecule has 0 fully saturated rings. The Hall–Kier alpha value is -1.61. The maximum atomic E-state index is 5.54. The number of nitrogens with zero attached hydrogens (tertiary/aromatic N) is 2. The summed E-state index contributed by atoms with van der Waals surface area (Å²) in [5.74, 6) is 0.987. The number of benzene rings is 1. The van der Waals surface area contributed by atoms with Gasteiger partial charge in [0, 0.05) is 31.0 Å². The monoisotopic (exact) mass is 201 g/mol. The molecule has 0 atom stereocenters. The second-order valence-electron chi connectivity index (χ2n) is 3.60. The molecule has 0 saturated carbocycles. The minimum Gasteiger partial charge on any atom is -0.330 e. The van der Waals surface area contributed by atoms with Crippen molar-refractivity contribution in [1.29, 1.82) is 0 Å². The summed E-state index contributed by atoms with van der Waals surface area (Å²) in [6, 6.07) is 8.36. The molecule has 2 rings (SSSR count). The van der Waals surface area contributed by atoms with Gasteiger partial charge in [-0.2, -0.15) is 0 Å². The van der Waals surface area contributed by atoms with Gasteiger partial charge in [0.05, 0.1) is 0 Å². The van der Waals surface area contributed by atoms with E-state index in [1.54, 1.807) is 0 Å². The second kappa shape index (κ2) is 4.28. The Morgan fingerprint density at radius 3 is 2.67 bits per heavy atom. The fraction of sp³-hybridized carbons (Fsp3) is 0.250. The van der Waals surface area contributed by atoms with E-state index < -0.39 is 0 Å². The lowest BCUT2D eigenvalue weighted by Gasteiger charge is -2.06. The first-order chi connectivity index (χ1) is 7.31. The van der Waals surface area contributed by atoms with Crippen molar-refractivity contribution in [3.8, 4) is 11.4 Å². The molecule has 0 aliphatic heterocycles. The minimum absolute atomic E-state index is 0.634. The molecule has 3 heteroatoms. The Morgan fingerprint density at radius 2 is 2.00 bits per heavy atom. The van der Waals surface area contributed by atoms with Gasteiger partial charge in [-0.15, -0.1) is 0 Å². The quantitative estimate of drug-likeness (QED) is 0.823. The number of hydrogen-bond acceptors (Lipinski definition) is 2. The summed E-state index contributed by atoms with van der Waals surface area (Å²) in [6.45, 7) is 3.52. The summed E-state index contributed by atoms with van der Waals surface area (Å²) in [4.78, 5) is 4.34. The first-order valence-corrected chi connectivity index (χ1v) is 5.09. The third-order valence-electron chi connectivity index (χ3n) is 2.40. The highest BCUT2D eigenvalue weighted by atomic mass is 15.1. The molecule has 1 aromatic carbocycles. The molecule has 0 unspecified atom stereocenters. The summed E-state index contributed by atoms with van der Waals surface area (Å²) < 4.78 is 2.07. The maximum Gasteiger partial charge on any atom is 0.139 e. The zero-order valence-electron chi connectivity index (χ0n) is 8.85. The van der Waals surface area contributed by atoms with Gasteiger partial charge in [0.25, 0.3) is 0 Å². The molecule has 2 N–H and O–H groups in total. The fourth-order valence-electron chi connectivity index (χ4n) is 1.59. The zero-order chi connectivity index (χ0) is 10.7. The van der Waals surface area contributed by atoms with Crippen LogP contribution in [0.4, 0.5) is 0 Å². The molecule has 0 amide bonds. The van der Waals surface area contributed by atoms with E-state index in [1.165, 1.54) is 5.56 Å². The standard InChI is InChI=1S/C12H15N3/c1-10-2-4-11(5-3-10)12-14-7-9-15(12)8-6-13/h2-5,7,9H,6,8,13H2,1H3. The highest BCUT2D eigenvalue weighted by Crippen LogP contribution is 2.17. The van der Waals surface area contributed by atoms with Gasteiger partial charge in [0.1, 0.15) is 5.82 Å². The van der Waals surface area contributed by atoms with Crippen molar-refractivity contribution in [3.63, 3.8) is 0 Å². The van der Waals surface area contributed by atoms with E-state index in [-0.39, 0.29) is 0 Å².